The number of piperidine rings is 1. The van der Waals surface area contributed by atoms with E-state index in [2.05, 4.69) is 12.2 Å². The second-order valence-corrected chi connectivity index (χ2v) is 5.39. The van der Waals surface area contributed by atoms with Gasteiger partial charge in [-0.3, -0.25) is 0 Å². The first kappa shape index (κ1) is 14.4. The van der Waals surface area contributed by atoms with E-state index in [1.165, 1.54) is 18.6 Å². The van der Waals surface area contributed by atoms with E-state index in [0.717, 1.165) is 19.3 Å². The van der Waals surface area contributed by atoms with Crippen molar-refractivity contribution in [3.8, 4) is 0 Å². The molecule has 0 bridgehead atoms. The molecule has 106 valence electrons. The van der Waals surface area contributed by atoms with Gasteiger partial charge in [-0.15, -0.1) is 0 Å². The van der Waals surface area contributed by atoms with Gasteiger partial charge in [0, 0.05) is 12.1 Å². The third-order valence-electron chi connectivity index (χ3n) is 3.79. The zero-order valence-corrected chi connectivity index (χ0v) is 11.1. The number of hydrogen-bond acceptors (Lipinski definition) is 1. The van der Waals surface area contributed by atoms with Crippen molar-refractivity contribution >= 4 is 0 Å². The molecular formula is C15H20F3N. The van der Waals surface area contributed by atoms with Crippen LogP contribution >= 0.6 is 0 Å². The van der Waals surface area contributed by atoms with E-state index < -0.39 is 11.7 Å². The summed E-state index contributed by atoms with van der Waals surface area (Å²) in [6.07, 6.45) is 0.412. The summed E-state index contributed by atoms with van der Waals surface area (Å²) in [6.45, 7) is 2.13. The molecule has 0 radical (unpaired) electrons. The number of aryl methyl sites for hydroxylation is 1. The van der Waals surface area contributed by atoms with Gasteiger partial charge in [0.1, 0.15) is 0 Å². The van der Waals surface area contributed by atoms with Gasteiger partial charge in [0.15, 0.2) is 0 Å². The molecule has 0 aliphatic carbocycles. The van der Waals surface area contributed by atoms with Gasteiger partial charge in [0.25, 0.3) is 0 Å². The summed E-state index contributed by atoms with van der Waals surface area (Å²) in [4.78, 5) is 0. The standard InChI is InChI=1S/C15H20F3N/c1-11-5-4-7-13(19-11)10-9-12-6-2-3-8-14(12)15(16,17)18/h2-3,6,8,11,13,19H,4-5,7,9-10H2,1H3. The highest BCUT2D eigenvalue weighted by Gasteiger charge is 2.32. The molecule has 1 aromatic rings. The quantitative estimate of drug-likeness (QED) is 0.870. The molecule has 1 aromatic carbocycles. The molecule has 2 unspecified atom stereocenters. The molecule has 0 saturated carbocycles. The molecular weight excluding hydrogens is 251 g/mol. The first-order valence-electron chi connectivity index (χ1n) is 6.88. The van der Waals surface area contributed by atoms with Gasteiger partial charge in [-0.05, 0) is 44.2 Å². The summed E-state index contributed by atoms with van der Waals surface area (Å²) in [5, 5.41) is 3.46. The van der Waals surface area contributed by atoms with Crippen LogP contribution in [0.2, 0.25) is 0 Å². The maximum absolute atomic E-state index is 12.9. The maximum atomic E-state index is 12.9. The first-order valence-corrected chi connectivity index (χ1v) is 6.88. The van der Waals surface area contributed by atoms with Gasteiger partial charge < -0.3 is 5.32 Å². The fourth-order valence-corrected chi connectivity index (χ4v) is 2.81. The van der Waals surface area contributed by atoms with Crippen LogP contribution in [0.1, 0.15) is 43.7 Å². The van der Waals surface area contributed by atoms with Crippen molar-refractivity contribution in [1.82, 2.24) is 5.32 Å². The van der Waals surface area contributed by atoms with Crippen LogP contribution in [0.3, 0.4) is 0 Å². The van der Waals surface area contributed by atoms with Crippen LogP contribution in [0, 0.1) is 0 Å². The third-order valence-corrected chi connectivity index (χ3v) is 3.79. The Labute approximate surface area is 112 Å². The number of rotatable bonds is 3. The number of hydrogen-bond donors (Lipinski definition) is 1. The van der Waals surface area contributed by atoms with Crippen molar-refractivity contribution in [2.75, 3.05) is 0 Å². The third kappa shape index (κ3) is 3.96. The molecule has 1 heterocycles. The summed E-state index contributed by atoms with van der Waals surface area (Å²) in [5.74, 6) is 0. The van der Waals surface area contributed by atoms with Crippen LogP contribution in [-0.2, 0) is 12.6 Å². The molecule has 2 atom stereocenters. The lowest BCUT2D eigenvalue weighted by Crippen LogP contribution is -2.40. The fraction of sp³-hybridized carbons (Fsp3) is 0.600. The van der Waals surface area contributed by atoms with Gasteiger partial charge in [0.05, 0.1) is 5.56 Å². The lowest BCUT2D eigenvalue weighted by atomic mass is 9.93. The molecule has 0 spiro atoms. The minimum atomic E-state index is -4.25. The van der Waals surface area contributed by atoms with E-state index in [1.807, 2.05) is 0 Å². The van der Waals surface area contributed by atoms with E-state index in [4.69, 9.17) is 0 Å². The molecule has 2 rings (SSSR count). The second kappa shape index (κ2) is 5.95. The Hall–Kier alpha value is -1.03. The predicted octanol–water partition coefficient (Wildman–Crippen LogP) is 4.17. The molecule has 4 heteroatoms. The molecule has 19 heavy (non-hydrogen) atoms. The van der Waals surface area contributed by atoms with Gasteiger partial charge >= 0.3 is 6.18 Å². The molecule has 1 nitrogen and oxygen atoms in total. The zero-order valence-electron chi connectivity index (χ0n) is 11.1. The molecule has 1 fully saturated rings. The van der Waals surface area contributed by atoms with Crippen LogP contribution < -0.4 is 5.32 Å². The molecule has 0 aromatic heterocycles. The SMILES string of the molecule is CC1CCCC(CCc2ccccc2C(F)(F)F)N1. The maximum Gasteiger partial charge on any atom is 0.416 e. The van der Waals surface area contributed by atoms with Gasteiger partial charge in [-0.1, -0.05) is 24.6 Å². The van der Waals surface area contributed by atoms with Crippen molar-refractivity contribution in [3.05, 3.63) is 35.4 Å². The van der Waals surface area contributed by atoms with Gasteiger partial charge in [-0.25, -0.2) is 0 Å². The zero-order chi connectivity index (χ0) is 13.9. The van der Waals surface area contributed by atoms with Crippen molar-refractivity contribution < 1.29 is 13.2 Å². The van der Waals surface area contributed by atoms with Crippen molar-refractivity contribution in [2.45, 2.75) is 57.3 Å². The Balaban J connectivity index is 1.99. The second-order valence-electron chi connectivity index (χ2n) is 5.39. The Bertz CT molecular complexity index is 414. The van der Waals surface area contributed by atoms with E-state index in [0.29, 0.717) is 24.1 Å². The predicted molar refractivity (Wildman–Crippen MR) is 70.0 cm³/mol. The highest BCUT2D eigenvalue weighted by Crippen LogP contribution is 2.32. The Morgan fingerprint density at radius 2 is 1.95 bits per heavy atom. The summed E-state index contributed by atoms with van der Waals surface area (Å²) >= 11 is 0. The Morgan fingerprint density at radius 3 is 2.63 bits per heavy atom. The molecule has 1 saturated heterocycles. The highest BCUT2D eigenvalue weighted by atomic mass is 19.4. The minimum Gasteiger partial charge on any atom is -0.311 e. The largest absolute Gasteiger partial charge is 0.416 e. The van der Waals surface area contributed by atoms with E-state index in [-0.39, 0.29) is 0 Å². The fourth-order valence-electron chi connectivity index (χ4n) is 2.81. The topological polar surface area (TPSA) is 12.0 Å². The van der Waals surface area contributed by atoms with Crippen LogP contribution in [0.15, 0.2) is 24.3 Å². The molecule has 1 N–H and O–H groups in total. The number of nitrogens with one attached hydrogen (secondary N) is 1. The van der Waals surface area contributed by atoms with Crippen LogP contribution in [-0.4, -0.2) is 12.1 Å². The first-order chi connectivity index (χ1) is 8.97. The summed E-state index contributed by atoms with van der Waals surface area (Å²) in [7, 11) is 0. The Morgan fingerprint density at radius 1 is 1.21 bits per heavy atom. The molecule has 0 amide bonds. The highest BCUT2D eigenvalue weighted by molar-refractivity contribution is 5.29. The summed E-state index contributed by atoms with van der Waals surface area (Å²) in [5.41, 5.74) is -0.0751. The van der Waals surface area contributed by atoms with Crippen LogP contribution in [0.25, 0.3) is 0 Å². The number of halogens is 3. The molecule has 1 aliphatic rings. The van der Waals surface area contributed by atoms with E-state index in [9.17, 15) is 13.2 Å². The molecule has 1 aliphatic heterocycles. The average Bonchev–Trinajstić information content (AvgIpc) is 2.36. The lowest BCUT2D eigenvalue weighted by Gasteiger charge is -2.29. The van der Waals surface area contributed by atoms with Crippen LogP contribution in [0.4, 0.5) is 13.2 Å². The van der Waals surface area contributed by atoms with Gasteiger partial charge in [-0.2, -0.15) is 13.2 Å². The van der Waals surface area contributed by atoms with Crippen molar-refractivity contribution in [2.24, 2.45) is 0 Å². The van der Waals surface area contributed by atoms with Crippen molar-refractivity contribution in [1.29, 1.82) is 0 Å². The Kier molecular flexibility index (Phi) is 4.50. The monoisotopic (exact) mass is 271 g/mol. The van der Waals surface area contributed by atoms with Gasteiger partial charge in [0.2, 0.25) is 0 Å². The summed E-state index contributed by atoms with van der Waals surface area (Å²) in [6, 6.07) is 6.73. The summed E-state index contributed by atoms with van der Waals surface area (Å²) < 4.78 is 38.6. The van der Waals surface area contributed by atoms with E-state index in [1.54, 1.807) is 12.1 Å². The lowest BCUT2D eigenvalue weighted by molar-refractivity contribution is -0.138. The number of alkyl halides is 3. The van der Waals surface area contributed by atoms with E-state index >= 15 is 0 Å². The van der Waals surface area contributed by atoms with Crippen molar-refractivity contribution in [3.63, 3.8) is 0 Å². The minimum absolute atomic E-state index is 0.352. The van der Waals surface area contributed by atoms with Crippen LogP contribution in [0.5, 0.6) is 0 Å². The smallest absolute Gasteiger partial charge is 0.311 e. The number of benzene rings is 1. The average molecular weight is 271 g/mol. The normalized spacial score (nSPS) is 24.4.